The zero-order valence-corrected chi connectivity index (χ0v) is 12.7. The molecule has 5 aromatic rings. The van der Waals surface area contributed by atoms with Crippen LogP contribution >= 0.6 is 11.3 Å². The van der Waals surface area contributed by atoms with Crippen LogP contribution in [0.2, 0.25) is 0 Å². The number of benzene rings is 2. The highest BCUT2D eigenvalue weighted by Gasteiger charge is 2.14. The van der Waals surface area contributed by atoms with E-state index >= 15 is 0 Å². The molecular formula is C19H14N2O2S. The van der Waals surface area contributed by atoms with Gasteiger partial charge in [-0.3, -0.25) is 0 Å². The molecule has 2 aromatic carbocycles. The van der Waals surface area contributed by atoms with Crippen molar-refractivity contribution in [3.8, 4) is 21.5 Å². The quantitative estimate of drug-likeness (QED) is 0.397. The van der Waals surface area contributed by atoms with Crippen LogP contribution in [0.1, 0.15) is 7.43 Å². The molecule has 118 valence electrons. The number of aromatic nitrogens is 2. The molecule has 0 spiro atoms. The van der Waals surface area contributed by atoms with E-state index in [2.05, 4.69) is 9.97 Å². The number of rotatable bonds is 2. The summed E-state index contributed by atoms with van der Waals surface area (Å²) in [6, 6.07) is 19.5. The van der Waals surface area contributed by atoms with Gasteiger partial charge < -0.3 is 8.83 Å². The largest absolute Gasteiger partial charge is 0.435 e. The molecule has 0 saturated heterocycles. The van der Waals surface area contributed by atoms with Crippen molar-refractivity contribution in [3.05, 3.63) is 60.7 Å². The van der Waals surface area contributed by atoms with Crippen LogP contribution in [0.5, 0.6) is 0 Å². The molecule has 0 atom stereocenters. The predicted molar refractivity (Wildman–Crippen MR) is 97.1 cm³/mol. The first kappa shape index (κ1) is 14.7. The van der Waals surface area contributed by atoms with Crippen LogP contribution in [-0.4, -0.2) is 9.97 Å². The lowest BCUT2D eigenvalue weighted by Crippen LogP contribution is -1.69. The van der Waals surface area contributed by atoms with E-state index in [0.29, 0.717) is 11.8 Å². The smallest absolute Gasteiger partial charge is 0.237 e. The average molecular weight is 334 g/mol. The minimum atomic E-state index is 0. The molecule has 3 aromatic heterocycles. The monoisotopic (exact) mass is 334 g/mol. The maximum atomic E-state index is 5.81. The molecule has 24 heavy (non-hydrogen) atoms. The third kappa shape index (κ3) is 2.30. The zero-order chi connectivity index (χ0) is 15.2. The summed E-state index contributed by atoms with van der Waals surface area (Å²) in [5, 5.41) is 0. The number of hydrogen-bond donors (Lipinski definition) is 0. The standard InChI is InChI=1S/C18H10N2O2S.CH4/c1-3-7-13-11(5-1)19-17(21-13)15-9-10-16(23-15)18-20-12-6-2-4-8-14(12)22-18;/h1-10H;1H4. The molecule has 0 fully saturated rings. The van der Waals surface area contributed by atoms with Gasteiger partial charge in [0.2, 0.25) is 11.8 Å². The Bertz CT molecular complexity index is 982. The summed E-state index contributed by atoms with van der Waals surface area (Å²) in [4.78, 5) is 11.0. The van der Waals surface area contributed by atoms with E-state index in [4.69, 9.17) is 8.83 Å². The van der Waals surface area contributed by atoms with Crippen molar-refractivity contribution in [3.63, 3.8) is 0 Å². The highest BCUT2D eigenvalue weighted by atomic mass is 32.1. The normalized spacial score (nSPS) is 11.0. The van der Waals surface area contributed by atoms with E-state index < -0.39 is 0 Å². The Hall–Kier alpha value is -2.92. The number of fused-ring (bicyclic) bond motifs is 2. The minimum Gasteiger partial charge on any atom is -0.435 e. The number of nitrogens with zero attached hydrogens (tertiary/aromatic N) is 2. The first-order valence-corrected chi connectivity index (χ1v) is 8.00. The second-order valence-electron chi connectivity index (χ2n) is 5.14. The van der Waals surface area contributed by atoms with Gasteiger partial charge in [-0.05, 0) is 36.4 Å². The van der Waals surface area contributed by atoms with E-state index in [1.807, 2.05) is 60.7 Å². The van der Waals surface area contributed by atoms with Crippen LogP contribution in [0.3, 0.4) is 0 Å². The summed E-state index contributed by atoms with van der Waals surface area (Å²) in [6.45, 7) is 0. The summed E-state index contributed by atoms with van der Waals surface area (Å²) in [7, 11) is 0. The fraction of sp³-hybridized carbons (Fsp3) is 0.0526. The van der Waals surface area contributed by atoms with E-state index in [0.717, 1.165) is 32.0 Å². The van der Waals surface area contributed by atoms with Crippen molar-refractivity contribution in [1.29, 1.82) is 0 Å². The van der Waals surface area contributed by atoms with E-state index in [-0.39, 0.29) is 7.43 Å². The molecule has 3 heterocycles. The zero-order valence-electron chi connectivity index (χ0n) is 11.9. The first-order valence-electron chi connectivity index (χ1n) is 7.18. The third-order valence-electron chi connectivity index (χ3n) is 3.62. The highest BCUT2D eigenvalue weighted by molar-refractivity contribution is 7.18. The molecule has 0 radical (unpaired) electrons. The molecular weight excluding hydrogens is 320 g/mol. The number of thiophene rings is 1. The molecule has 5 rings (SSSR count). The van der Waals surface area contributed by atoms with Crippen molar-refractivity contribution in [2.24, 2.45) is 0 Å². The van der Waals surface area contributed by atoms with Gasteiger partial charge >= 0.3 is 0 Å². The first-order chi connectivity index (χ1) is 11.4. The molecule has 0 bridgehead atoms. The Kier molecular flexibility index (Phi) is 3.43. The maximum absolute atomic E-state index is 5.81. The Morgan fingerprint density at radius 2 is 1.08 bits per heavy atom. The van der Waals surface area contributed by atoms with Gasteiger partial charge in [-0.2, -0.15) is 0 Å². The molecule has 5 heteroatoms. The average Bonchev–Trinajstić information content (AvgIpc) is 3.30. The van der Waals surface area contributed by atoms with Gasteiger partial charge in [-0.1, -0.05) is 31.7 Å². The van der Waals surface area contributed by atoms with Gasteiger partial charge in [-0.15, -0.1) is 11.3 Å². The number of para-hydroxylation sites is 4. The van der Waals surface area contributed by atoms with Gasteiger partial charge in [0.05, 0.1) is 9.75 Å². The lowest BCUT2D eigenvalue weighted by atomic mass is 10.3. The summed E-state index contributed by atoms with van der Waals surface area (Å²) >= 11 is 1.56. The molecule has 0 aliphatic rings. The third-order valence-corrected chi connectivity index (χ3v) is 4.68. The second kappa shape index (κ2) is 5.62. The van der Waals surface area contributed by atoms with Crippen LogP contribution in [0, 0.1) is 0 Å². The molecule has 0 saturated carbocycles. The van der Waals surface area contributed by atoms with Gasteiger partial charge in [0.1, 0.15) is 11.0 Å². The van der Waals surface area contributed by atoms with Crippen molar-refractivity contribution >= 4 is 33.5 Å². The Labute approximate surface area is 142 Å². The van der Waals surface area contributed by atoms with E-state index in [1.165, 1.54) is 0 Å². The van der Waals surface area contributed by atoms with Crippen LogP contribution < -0.4 is 0 Å². The Morgan fingerprint density at radius 1 is 0.625 bits per heavy atom. The van der Waals surface area contributed by atoms with Gasteiger partial charge in [-0.25, -0.2) is 9.97 Å². The fourth-order valence-electron chi connectivity index (χ4n) is 2.52. The predicted octanol–water partition coefficient (Wildman–Crippen LogP) is 6.00. The second-order valence-corrected chi connectivity index (χ2v) is 6.22. The topological polar surface area (TPSA) is 52.1 Å². The fourth-order valence-corrected chi connectivity index (χ4v) is 3.38. The summed E-state index contributed by atoms with van der Waals surface area (Å²) in [5.74, 6) is 1.25. The Morgan fingerprint density at radius 3 is 1.54 bits per heavy atom. The van der Waals surface area contributed by atoms with Crippen LogP contribution in [0.25, 0.3) is 43.7 Å². The van der Waals surface area contributed by atoms with E-state index in [1.54, 1.807) is 11.3 Å². The number of oxazole rings is 2. The lowest BCUT2D eigenvalue weighted by molar-refractivity contribution is 0.621. The molecule has 0 aliphatic carbocycles. The van der Waals surface area contributed by atoms with Crippen molar-refractivity contribution in [2.75, 3.05) is 0 Å². The van der Waals surface area contributed by atoms with Crippen molar-refractivity contribution in [1.82, 2.24) is 9.97 Å². The SMILES string of the molecule is C.c1ccc2oc(-c3ccc(-c4nc5ccccc5o4)s3)nc2c1. The molecule has 4 nitrogen and oxygen atoms in total. The van der Waals surface area contributed by atoms with Gasteiger partial charge in [0.25, 0.3) is 0 Å². The minimum absolute atomic E-state index is 0. The van der Waals surface area contributed by atoms with Crippen LogP contribution in [-0.2, 0) is 0 Å². The summed E-state index contributed by atoms with van der Waals surface area (Å²) in [5.41, 5.74) is 3.30. The maximum Gasteiger partial charge on any atom is 0.237 e. The molecule has 0 N–H and O–H groups in total. The highest BCUT2D eigenvalue weighted by Crippen LogP contribution is 2.36. The molecule has 0 amide bonds. The molecule has 0 aliphatic heterocycles. The van der Waals surface area contributed by atoms with Gasteiger partial charge in [0, 0.05) is 0 Å². The van der Waals surface area contributed by atoms with E-state index in [9.17, 15) is 0 Å². The number of hydrogen-bond acceptors (Lipinski definition) is 5. The van der Waals surface area contributed by atoms with Crippen LogP contribution in [0.15, 0.2) is 69.5 Å². The summed E-state index contributed by atoms with van der Waals surface area (Å²) in [6.07, 6.45) is 0. The van der Waals surface area contributed by atoms with Crippen molar-refractivity contribution < 1.29 is 8.83 Å². The van der Waals surface area contributed by atoms with Crippen LogP contribution in [0.4, 0.5) is 0 Å². The van der Waals surface area contributed by atoms with Gasteiger partial charge in [0.15, 0.2) is 11.2 Å². The lowest BCUT2D eigenvalue weighted by Gasteiger charge is -1.87. The molecule has 0 unspecified atom stereocenters. The summed E-state index contributed by atoms with van der Waals surface area (Å²) < 4.78 is 11.6. The Balaban J connectivity index is 0.00000146. The van der Waals surface area contributed by atoms with Crippen molar-refractivity contribution in [2.45, 2.75) is 7.43 Å².